The molecule has 0 spiro atoms. The molecular weight excluding hydrogens is 547 g/mol. The fourth-order valence-corrected chi connectivity index (χ4v) is 5.26. The highest BCUT2D eigenvalue weighted by molar-refractivity contribution is 8.16. The number of carbonyl (C=O) groups excluding carboxylic acids is 2. The van der Waals surface area contributed by atoms with Gasteiger partial charge in [0, 0.05) is 11.8 Å². The Bertz CT molecular complexity index is 1410. The van der Waals surface area contributed by atoms with Crippen molar-refractivity contribution >= 4 is 63.2 Å². The van der Waals surface area contributed by atoms with Crippen LogP contribution in [-0.2, 0) is 16.1 Å². The van der Waals surface area contributed by atoms with Gasteiger partial charge < -0.3 is 25.8 Å². The minimum absolute atomic E-state index is 0.0625. The summed E-state index contributed by atoms with van der Waals surface area (Å²) in [7, 11) is 3.02. The van der Waals surface area contributed by atoms with E-state index < -0.39 is 17.1 Å². The molecule has 1 aliphatic heterocycles. The van der Waals surface area contributed by atoms with Crippen molar-refractivity contribution in [2.45, 2.75) is 11.8 Å². The lowest BCUT2D eigenvalue weighted by atomic mass is 10.1. The summed E-state index contributed by atoms with van der Waals surface area (Å²) in [5.74, 6) is -0.0364. The summed E-state index contributed by atoms with van der Waals surface area (Å²) in [4.78, 5) is 31.4. The molecule has 0 saturated heterocycles. The largest absolute Gasteiger partial charge is 0.497 e. The van der Waals surface area contributed by atoms with Crippen LogP contribution in [0.4, 0.5) is 11.4 Å². The third-order valence-electron chi connectivity index (χ3n) is 5.60. The molecule has 3 aromatic rings. The Hall–Kier alpha value is -3.66. The lowest BCUT2D eigenvalue weighted by Crippen LogP contribution is -2.29. The van der Waals surface area contributed by atoms with Gasteiger partial charge in [-0.3, -0.25) is 14.6 Å². The molecule has 4 rings (SSSR count). The highest BCUT2D eigenvalue weighted by Crippen LogP contribution is 2.37. The van der Waals surface area contributed by atoms with Gasteiger partial charge in [-0.05, 0) is 29.8 Å². The van der Waals surface area contributed by atoms with Gasteiger partial charge in [0.1, 0.15) is 21.8 Å². The van der Waals surface area contributed by atoms with E-state index in [9.17, 15) is 9.59 Å². The average Bonchev–Trinajstić information content (AvgIpc) is 3.26. The summed E-state index contributed by atoms with van der Waals surface area (Å²) in [6.45, 7) is 0.292. The lowest BCUT2D eigenvalue weighted by Gasteiger charge is -2.14. The predicted octanol–water partition coefficient (Wildman–Crippen LogP) is 5.51. The number of hydrogen-bond donors (Lipinski definition) is 3. The van der Waals surface area contributed by atoms with Crippen molar-refractivity contribution in [2.75, 3.05) is 24.9 Å². The lowest BCUT2D eigenvalue weighted by molar-refractivity contribution is -0.115. The number of methoxy groups -OCH3 is 2. The van der Waals surface area contributed by atoms with Gasteiger partial charge in [-0.15, -0.1) is 0 Å². The van der Waals surface area contributed by atoms with E-state index in [2.05, 4.69) is 15.6 Å². The van der Waals surface area contributed by atoms with Crippen LogP contribution in [0.3, 0.4) is 0 Å². The molecule has 0 bridgehead atoms. The summed E-state index contributed by atoms with van der Waals surface area (Å²) in [6.07, 6.45) is 0. The fraction of sp³-hybridized carbons (Fsp3) is 0.148. The molecule has 2 amide bonds. The van der Waals surface area contributed by atoms with E-state index >= 15 is 0 Å². The van der Waals surface area contributed by atoms with Crippen LogP contribution >= 0.6 is 35.0 Å². The minimum atomic E-state index is -0.918. The van der Waals surface area contributed by atoms with E-state index in [4.69, 9.17) is 38.4 Å². The Morgan fingerprint density at radius 1 is 0.974 bits per heavy atom. The Labute approximate surface area is 234 Å². The molecule has 1 heterocycles. The standard InChI is InChI=1S/C27H24Cl2N4O4S/c1-36-16-11-12-19(20(13-16)37-2)32-26(35)24-22(30)21(25(34)33-23-17(28)9-6-10-18(23)29)27(38-24)31-14-15-7-4-3-5-8-15/h3-13,24H,14,30H2,1-2H3,(H,32,35)(H,33,34). The molecule has 0 radical (unpaired) electrons. The van der Waals surface area contributed by atoms with Gasteiger partial charge in [0.2, 0.25) is 5.91 Å². The van der Waals surface area contributed by atoms with Crippen LogP contribution in [-0.4, -0.2) is 36.3 Å². The van der Waals surface area contributed by atoms with Gasteiger partial charge in [-0.2, -0.15) is 0 Å². The van der Waals surface area contributed by atoms with E-state index in [0.29, 0.717) is 28.8 Å². The van der Waals surface area contributed by atoms with Crippen LogP contribution in [0.2, 0.25) is 10.0 Å². The van der Waals surface area contributed by atoms with Gasteiger partial charge in [-0.1, -0.05) is 71.4 Å². The first-order valence-corrected chi connectivity index (χ1v) is 13.0. The van der Waals surface area contributed by atoms with Crippen molar-refractivity contribution in [1.29, 1.82) is 0 Å². The second-order valence-electron chi connectivity index (χ2n) is 8.04. The fourth-order valence-electron chi connectivity index (χ4n) is 3.67. The third kappa shape index (κ3) is 6.07. The second-order valence-corrected chi connectivity index (χ2v) is 9.95. The number of benzene rings is 3. The maximum Gasteiger partial charge on any atom is 0.260 e. The average molecular weight is 571 g/mol. The Morgan fingerprint density at radius 3 is 2.34 bits per heavy atom. The van der Waals surface area contributed by atoms with Crippen molar-refractivity contribution in [3.8, 4) is 11.5 Å². The monoisotopic (exact) mass is 570 g/mol. The number of rotatable bonds is 8. The number of carbonyl (C=O) groups is 2. The van der Waals surface area contributed by atoms with E-state index in [-0.39, 0.29) is 27.0 Å². The third-order valence-corrected chi connectivity index (χ3v) is 7.49. The first kappa shape index (κ1) is 27.4. The highest BCUT2D eigenvalue weighted by Gasteiger charge is 2.38. The molecule has 4 N–H and O–H groups in total. The Balaban J connectivity index is 1.65. The van der Waals surface area contributed by atoms with Crippen molar-refractivity contribution < 1.29 is 19.1 Å². The summed E-state index contributed by atoms with van der Waals surface area (Å²) in [6, 6.07) is 19.4. The van der Waals surface area contributed by atoms with Gasteiger partial charge in [-0.25, -0.2) is 0 Å². The Morgan fingerprint density at radius 2 is 1.68 bits per heavy atom. The van der Waals surface area contributed by atoms with E-state index in [1.165, 1.54) is 14.2 Å². The molecule has 0 aliphatic carbocycles. The van der Waals surface area contributed by atoms with Crippen LogP contribution in [0, 0.1) is 0 Å². The van der Waals surface area contributed by atoms with Gasteiger partial charge in [0.05, 0.1) is 47.8 Å². The molecule has 8 nitrogen and oxygen atoms in total. The molecule has 1 aliphatic rings. The molecule has 0 fully saturated rings. The molecule has 1 unspecified atom stereocenters. The SMILES string of the molecule is COc1ccc(NC(=O)C2SC(=NCc3ccccc3)C(C(=O)Nc3c(Cl)cccc3Cl)=C2N)c(OC)c1. The predicted molar refractivity (Wildman–Crippen MR) is 153 cm³/mol. The van der Waals surface area contributed by atoms with E-state index in [1.54, 1.807) is 36.4 Å². The first-order valence-electron chi connectivity index (χ1n) is 11.4. The number of anilines is 2. The van der Waals surface area contributed by atoms with Crippen LogP contribution in [0.15, 0.2) is 83.0 Å². The smallest absolute Gasteiger partial charge is 0.260 e. The van der Waals surface area contributed by atoms with E-state index in [1.807, 2.05) is 30.3 Å². The van der Waals surface area contributed by atoms with Crippen LogP contribution < -0.4 is 25.8 Å². The number of nitrogens with two attached hydrogens (primary N) is 1. The molecule has 0 aromatic heterocycles. The Kier molecular flexibility index (Phi) is 8.83. The van der Waals surface area contributed by atoms with Crippen molar-refractivity contribution in [2.24, 2.45) is 10.7 Å². The maximum absolute atomic E-state index is 13.4. The number of halogens is 2. The molecular formula is C27H24Cl2N4O4S. The number of aliphatic imine (C=N–C) groups is 1. The topological polar surface area (TPSA) is 115 Å². The van der Waals surface area contributed by atoms with Crippen molar-refractivity contribution in [3.63, 3.8) is 0 Å². The van der Waals surface area contributed by atoms with E-state index in [0.717, 1.165) is 17.3 Å². The van der Waals surface area contributed by atoms with Crippen molar-refractivity contribution in [1.82, 2.24) is 0 Å². The van der Waals surface area contributed by atoms with Gasteiger partial charge in [0.25, 0.3) is 5.91 Å². The summed E-state index contributed by atoms with van der Waals surface area (Å²) >= 11 is 13.6. The molecule has 11 heteroatoms. The van der Waals surface area contributed by atoms with Crippen LogP contribution in [0.1, 0.15) is 5.56 Å². The highest BCUT2D eigenvalue weighted by atomic mass is 35.5. The zero-order valence-electron chi connectivity index (χ0n) is 20.5. The zero-order chi connectivity index (χ0) is 27.2. The molecule has 3 aromatic carbocycles. The number of para-hydroxylation sites is 1. The van der Waals surface area contributed by atoms with Gasteiger partial charge >= 0.3 is 0 Å². The quantitative estimate of drug-likeness (QED) is 0.328. The minimum Gasteiger partial charge on any atom is -0.497 e. The van der Waals surface area contributed by atoms with Crippen molar-refractivity contribution in [3.05, 3.63) is 93.6 Å². The normalized spacial score (nSPS) is 15.9. The number of nitrogens with one attached hydrogen (secondary N) is 2. The van der Waals surface area contributed by atoms with Gasteiger partial charge in [0.15, 0.2) is 0 Å². The number of hydrogen-bond acceptors (Lipinski definition) is 7. The zero-order valence-corrected chi connectivity index (χ0v) is 22.8. The summed E-state index contributed by atoms with van der Waals surface area (Å²) in [5.41, 5.74) is 8.17. The number of ether oxygens (including phenoxy) is 2. The molecule has 1 atom stereocenters. The number of amides is 2. The number of thioether (sulfide) groups is 1. The number of nitrogens with zero attached hydrogens (tertiary/aromatic N) is 1. The summed E-state index contributed by atoms with van der Waals surface area (Å²) < 4.78 is 10.6. The van der Waals surface area contributed by atoms with Crippen LogP contribution in [0.5, 0.6) is 11.5 Å². The first-order chi connectivity index (χ1) is 18.3. The molecule has 0 saturated carbocycles. The second kappa shape index (κ2) is 12.3. The molecule has 38 heavy (non-hydrogen) atoms. The summed E-state index contributed by atoms with van der Waals surface area (Å²) in [5, 5.41) is 5.48. The maximum atomic E-state index is 13.4. The van der Waals surface area contributed by atoms with Crippen LogP contribution in [0.25, 0.3) is 0 Å². The molecule has 196 valence electrons.